The van der Waals surface area contributed by atoms with Crippen molar-refractivity contribution in [3.63, 3.8) is 0 Å². The van der Waals surface area contributed by atoms with Gasteiger partial charge in [-0.3, -0.25) is 9.59 Å². The minimum atomic E-state index is -0.483. The van der Waals surface area contributed by atoms with Gasteiger partial charge in [0.1, 0.15) is 11.3 Å². The molecule has 1 aromatic heterocycles. The number of hydrogen-bond donors (Lipinski definition) is 0. The molecule has 0 bridgehead atoms. The quantitative estimate of drug-likeness (QED) is 0.530. The molecule has 2 aromatic carbocycles. The van der Waals surface area contributed by atoms with Gasteiger partial charge in [0.25, 0.3) is 5.91 Å². The Kier molecular flexibility index (Phi) is 6.33. The molecule has 1 amide bonds. The third-order valence-electron chi connectivity index (χ3n) is 5.90. The Morgan fingerprint density at radius 3 is 2.47 bits per heavy atom. The Morgan fingerprint density at radius 1 is 1.06 bits per heavy atom. The summed E-state index contributed by atoms with van der Waals surface area (Å²) >= 11 is 0. The molecule has 0 N–H and O–H groups in total. The third kappa shape index (κ3) is 4.02. The lowest BCUT2D eigenvalue weighted by Crippen LogP contribution is -2.35. The van der Waals surface area contributed by atoms with Crippen molar-refractivity contribution in [1.29, 1.82) is 0 Å². The summed E-state index contributed by atoms with van der Waals surface area (Å²) in [4.78, 5) is 30.8. The monoisotopic (exact) mass is 434 g/mol. The molecule has 6 heteroatoms. The van der Waals surface area contributed by atoms with Gasteiger partial charge in [0.05, 0.1) is 23.6 Å². The van der Waals surface area contributed by atoms with E-state index in [0.717, 1.165) is 29.7 Å². The summed E-state index contributed by atoms with van der Waals surface area (Å²) < 4.78 is 11.7. The number of ether oxygens (including phenoxy) is 1. The molecule has 1 aliphatic rings. The van der Waals surface area contributed by atoms with Gasteiger partial charge >= 0.3 is 0 Å². The number of rotatable bonds is 8. The van der Waals surface area contributed by atoms with Crippen molar-refractivity contribution >= 4 is 16.9 Å². The molecule has 2 heterocycles. The highest BCUT2D eigenvalue weighted by atomic mass is 16.5. The van der Waals surface area contributed by atoms with E-state index in [2.05, 4.69) is 6.92 Å². The van der Waals surface area contributed by atoms with Crippen LogP contribution >= 0.6 is 0 Å². The first-order valence-electron chi connectivity index (χ1n) is 11.2. The zero-order chi connectivity index (χ0) is 22.8. The Bertz CT molecular complexity index is 1180. The zero-order valence-electron chi connectivity index (χ0n) is 19.2. The standard InChI is InChI=1S/C26H30N2O4/c1-5-15-31-19-10-8-18(9-11-19)23-22-24(29)20-16-17(6-2)7-12-21(20)32-25(22)26(30)28(23)14-13-27(3)4/h7-12,16,23H,5-6,13-15H2,1-4H3. The van der Waals surface area contributed by atoms with Crippen molar-refractivity contribution in [2.75, 3.05) is 33.8 Å². The lowest BCUT2D eigenvalue weighted by molar-refractivity contribution is 0.0716. The molecule has 6 nitrogen and oxygen atoms in total. The van der Waals surface area contributed by atoms with Gasteiger partial charge in [0.15, 0.2) is 5.43 Å². The van der Waals surface area contributed by atoms with Crippen LogP contribution in [0.1, 0.15) is 53.6 Å². The Balaban J connectivity index is 1.84. The van der Waals surface area contributed by atoms with Crippen LogP contribution in [0.2, 0.25) is 0 Å². The molecule has 0 fully saturated rings. The number of nitrogens with zero attached hydrogens (tertiary/aromatic N) is 2. The van der Waals surface area contributed by atoms with Crippen molar-refractivity contribution in [3.8, 4) is 5.75 Å². The van der Waals surface area contributed by atoms with E-state index < -0.39 is 6.04 Å². The SMILES string of the molecule is CCCOc1ccc(C2c3c(oc4ccc(CC)cc4c3=O)C(=O)N2CCN(C)C)cc1. The fourth-order valence-electron chi connectivity index (χ4n) is 4.14. The number of amides is 1. The minimum Gasteiger partial charge on any atom is -0.494 e. The maximum absolute atomic E-state index is 13.6. The summed E-state index contributed by atoms with van der Waals surface area (Å²) in [6, 6.07) is 12.8. The molecule has 1 atom stereocenters. The lowest BCUT2D eigenvalue weighted by Gasteiger charge is -2.26. The number of carbonyl (C=O) groups is 1. The van der Waals surface area contributed by atoms with Gasteiger partial charge in [0.2, 0.25) is 5.76 Å². The zero-order valence-corrected chi connectivity index (χ0v) is 19.2. The molecular formula is C26H30N2O4. The molecule has 0 radical (unpaired) electrons. The molecule has 1 aliphatic heterocycles. The molecule has 4 rings (SSSR count). The van der Waals surface area contributed by atoms with E-state index >= 15 is 0 Å². The Morgan fingerprint density at radius 2 is 1.81 bits per heavy atom. The Hall–Kier alpha value is -3.12. The molecule has 168 valence electrons. The van der Waals surface area contributed by atoms with E-state index in [0.29, 0.717) is 36.2 Å². The van der Waals surface area contributed by atoms with Gasteiger partial charge in [0, 0.05) is 13.1 Å². The second-order valence-electron chi connectivity index (χ2n) is 8.48. The van der Waals surface area contributed by atoms with E-state index in [4.69, 9.17) is 9.15 Å². The van der Waals surface area contributed by atoms with Crippen LogP contribution in [0.4, 0.5) is 0 Å². The van der Waals surface area contributed by atoms with Gasteiger partial charge in [-0.2, -0.15) is 0 Å². The summed E-state index contributed by atoms with van der Waals surface area (Å²) in [5.74, 6) is 0.691. The first-order valence-corrected chi connectivity index (χ1v) is 11.2. The lowest BCUT2D eigenvalue weighted by atomic mass is 9.98. The van der Waals surface area contributed by atoms with Crippen LogP contribution in [0.25, 0.3) is 11.0 Å². The number of carbonyl (C=O) groups excluding carboxylic acids is 1. The summed E-state index contributed by atoms with van der Waals surface area (Å²) in [5, 5.41) is 0.526. The smallest absolute Gasteiger partial charge is 0.290 e. The third-order valence-corrected chi connectivity index (χ3v) is 5.90. The number of fused-ring (bicyclic) bond motifs is 2. The molecule has 0 saturated heterocycles. The molecule has 32 heavy (non-hydrogen) atoms. The average molecular weight is 435 g/mol. The molecule has 0 aliphatic carbocycles. The van der Waals surface area contributed by atoms with Gasteiger partial charge in [-0.05, 0) is 62.3 Å². The summed E-state index contributed by atoms with van der Waals surface area (Å²) in [6.45, 7) is 5.93. The van der Waals surface area contributed by atoms with Gasteiger partial charge in [-0.15, -0.1) is 0 Å². The van der Waals surface area contributed by atoms with Crippen LogP contribution in [0.15, 0.2) is 51.7 Å². The number of benzene rings is 2. The van der Waals surface area contributed by atoms with Crippen molar-refractivity contribution < 1.29 is 13.9 Å². The summed E-state index contributed by atoms with van der Waals surface area (Å²) in [5.41, 5.74) is 2.69. The molecule has 1 unspecified atom stereocenters. The molecule has 0 saturated carbocycles. The first kappa shape index (κ1) is 22.1. The van der Waals surface area contributed by atoms with E-state index in [1.54, 1.807) is 11.0 Å². The van der Waals surface area contributed by atoms with Crippen LogP contribution < -0.4 is 10.2 Å². The summed E-state index contributed by atoms with van der Waals surface area (Å²) in [7, 11) is 3.93. The molecule has 0 spiro atoms. The highest BCUT2D eigenvalue weighted by Crippen LogP contribution is 2.38. The van der Waals surface area contributed by atoms with Crippen molar-refractivity contribution in [3.05, 3.63) is 75.1 Å². The normalized spacial score (nSPS) is 15.6. The van der Waals surface area contributed by atoms with Crippen LogP contribution in [-0.2, 0) is 6.42 Å². The van der Waals surface area contributed by atoms with Gasteiger partial charge < -0.3 is 19.0 Å². The van der Waals surface area contributed by atoms with Gasteiger partial charge in [-0.1, -0.05) is 32.0 Å². The molecule has 3 aromatic rings. The van der Waals surface area contributed by atoms with Crippen molar-refractivity contribution in [1.82, 2.24) is 9.80 Å². The topological polar surface area (TPSA) is 63.0 Å². The van der Waals surface area contributed by atoms with E-state index in [-0.39, 0.29) is 17.1 Å². The second kappa shape index (κ2) is 9.17. The van der Waals surface area contributed by atoms with Crippen LogP contribution in [0, 0.1) is 0 Å². The van der Waals surface area contributed by atoms with Crippen LogP contribution in [0.3, 0.4) is 0 Å². The highest BCUT2D eigenvalue weighted by molar-refractivity contribution is 5.99. The van der Waals surface area contributed by atoms with Crippen molar-refractivity contribution in [2.45, 2.75) is 32.7 Å². The van der Waals surface area contributed by atoms with E-state index in [1.807, 2.05) is 62.3 Å². The fourth-order valence-corrected chi connectivity index (χ4v) is 4.14. The van der Waals surface area contributed by atoms with E-state index in [1.165, 1.54) is 0 Å². The van der Waals surface area contributed by atoms with Crippen molar-refractivity contribution in [2.24, 2.45) is 0 Å². The van der Waals surface area contributed by atoms with E-state index in [9.17, 15) is 9.59 Å². The molecular weight excluding hydrogens is 404 g/mol. The maximum atomic E-state index is 13.6. The maximum Gasteiger partial charge on any atom is 0.290 e. The largest absolute Gasteiger partial charge is 0.494 e. The highest BCUT2D eigenvalue weighted by Gasteiger charge is 2.42. The number of aryl methyl sites for hydroxylation is 1. The summed E-state index contributed by atoms with van der Waals surface area (Å²) in [6.07, 6.45) is 1.75. The first-order chi connectivity index (χ1) is 15.4. The van der Waals surface area contributed by atoms with Crippen LogP contribution in [-0.4, -0.2) is 49.5 Å². The second-order valence-corrected chi connectivity index (χ2v) is 8.48. The fraction of sp³-hybridized carbons (Fsp3) is 0.385. The predicted molar refractivity (Wildman–Crippen MR) is 126 cm³/mol. The van der Waals surface area contributed by atoms with Crippen LogP contribution in [0.5, 0.6) is 5.75 Å². The number of hydrogen-bond acceptors (Lipinski definition) is 5. The Labute approximate surface area is 188 Å². The predicted octanol–water partition coefficient (Wildman–Crippen LogP) is 4.25. The average Bonchev–Trinajstić information content (AvgIpc) is 3.08. The number of likely N-dealkylation sites (N-methyl/N-ethyl adjacent to an activating group) is 1. The minimum absolute atomic E-state index is 0.131. The van der Waals surface area contributed by atoms with Gasteiger partial charge in [-0.25, -0.2) is 0 Å².